The maximum Gasteiger partial charge on any atom is 0.306 e. The lowest BCUT2D eigenvalue weighted by Crippen LogP contribution is -2.09. The van der Waals surface area contributed by atoms with Crippen molar-refractivity contribution in [2.75, 3.05) is 0 Å². The lowest BCUT2D eigenvalue weighted by Gasteiger charge is -2.15. The van der Waals surface area contributed by atoms with Crippen molar-refractivity contribution >= 4 is 11.5 Å². The molecule has 0 amide bonds. The lowest BCUT2D eigenvalue weighted by atomic mass is 9.91. The van der Waals surface area contributed by atoms with Gasteiger partial charge in [0.25, 0.3) is 0 Å². The highest BCUT2D eigenvalue weighted by atomic mass is 16.4. The molecule has 0 spiro atoms. The molecule has 0 saturated heterocycles. The van der Waals surface area contributed by atoms with Gasteiger partial charge in [0, 0.05) is 5.57 Å². The van der Waals surface area contributed by atoms with Gasteiger partial charge in [-0.05, 0) is 57.1 Å². The molecule has 1 saturated carbocycles. The average Bonchev–Trinajstić information content (AvgIpc) is 3.25. The molecule has 1 aliphatic carbocycles. The molecule has 2 unspecified atom stereocenters. The first-order chi connectivity index (χ1) is 11.5. The Hall–Kier alpha value is -2.36. The molecule has 0 radical (unpaired) electrons. The Morgan fingerprint density at radius 1 is 1.42 bits per heavy atom. The minimum absolute atomic E-state index is 0.233. The van der Waals surface area contributed by atoms with Crippen molar-refractivity contribution in [3.05, 3.63) is 59.7 Å². The summed E-state index contributed by atoms with van der Waals surface area (Å²) in [5, 5.41) is 9.23. The van der Waals surface area contributed by atoms with Crippen molar-refractivity contribution in [3.8, 4) is 0 Å². The fourth-order valence-electron chi connectivity index (χ4n) is 3.25. The van der Waals surface area contributed by atoms with E-state index < -0.39 is 5.97 Å². The Labute approximate surface area is 143 Å². The number of hydrogen-bond acceptors (Lipinski definition) is 2. The van der Waals surface area contributed by atoms with Gasteiger partial charge < -0.3 is 10.1 Å². The van der Waals surface area contributed by atoms with E-state index in [1.807, 2.05) is 13.0 Å². The van der Waals surface area contributed by atoms with Crippen LogP contribution < -0.4 is 0 Å². The van der Waals surface area contributed by atoms with Crippen LogP contribution in [0.1, 0.15) is 45.7 Å². The molecule has 1 heterocycles. The van der Waals surface area contributed by atoms with Crippen LogP contribution in [0.2, 0.25) is 0 Å². The normalized spacial score (nSPS) is 23.1. The quantitative estimate of drug-likeness (QED) is 0.740. The summed E-state index contributed by atoms with van der Waals surface area (Å²) < 4.78 is 0. The van der Waals surface area contributed by atoms with Gasteiger partial charge in [0.2, 0.25) is 0 Å². The van der Waals surface area contributed by atoms with E-state index in [9.17, 15) is 9.90 Å². The van der Waals surface area contributed by atoms with Crippen molar-refractivity contribution in [2.24, 2.45) is 11.8 Å². The SMILES string of the molecule is C=CC(/C(=C/C1CCC(C(=O)O)C1)c1cnc[nH]1)=C(C)\C(C)=C/C. The second kappa shape index (κ2) is 7.95. The molecule has 2 rings (SSSR count). The summed E-state index contributed by atoms with van der Waals surface area (Å²) in [6.07, 6.45) is 12.0. The Bertz CT molecular complexity index is 693. The first-order valence-electron chi connectivity index (χ1n) is 8.38. The summed E-state index contributed by atoms with van der Waals surface area (Å²) in [4.78, 5) is 18.5. The molecule has 0 bridgehead atoms. The number of imidazole rings is 1. The Balaban J connectivity index is 2.45. The molecular weight excluding hydrogens is 300 g/mol. The van der Waals surface area contributed by atoms with Crippen molar-refractivity contribution < 1.29 is 9.90 Å². The second-order valence-electron chi connectivity index (χ2n) is 6.37. The monoisotopic (exact) mass is 326 g/mol. The molecule has 4 heteroatoms. The van der Waals surface area contributed by atoms with E-state index in [0.29, 0.717) is 6.42 Å². The summed E-state index contributed by atoms with van der Waals surface area (Å²) in [5.41, 5.74) is 5.42. The molecule has 1 fully saturated rings. The highest BCUT2D eigenvalue weighted by Gasteiger charge is 2.29. The second-order valence-corrected chi connectivity index (χ2v) is 6.37. The van der Waals surface area contributed by atoms with E-state index in [-0.39, 0.29) is 11.8 Å². The molecule has 1 aliphatic rings. The third kappa shape index (κ3) is 3.94. The number of carboxylic acids is 1. The maximum absolute atomic E-state index is 11.2. The number of aromatic nitrogens is 2. The highest BCUT2D eigenvalue weighted by Crippen LogP contribution is 2.36. The van der Waals surface area contributed by atoms with Crippen LogP contribution in [0, 0.1) is 11.8 Å². The predicted molar refractivity (Wildman–Crippen MR) is 97.4 cm³/mol. The third-order valence-corrected chi connectivity index (χ3v) is 4.94. The van der Waals surface area contributed by atoms with E-state index in [0.717, 1.165) is 29.7 Å². The Kier molecular flexibility index (Phi) is 5.96. The molecule has 0 aliphatic heterocycles. The first-order valence-corrected chi connectivity index (χ1v) is 8.38. The summed E-state index contributed by atoms with van der Waals surface area (Å²) in [7, 11) is 0. The number of rotatable bonds is 6. The number of carboxylic acid groups (broad SMARTS) is 1. The average molecular weight is 326 g/mol. The van der Waals surface area contributed by atoms with Gasteiger partial charge in [-0.25, -0.2) is 4.98 Å². The molecule has 1 aromatic heterocycles. The van der Waals surface area contributed by atoms with Gasteiger partial charge in [-0.2, -0.15) is 0 Å². The molecule has 0 aromatic carbocycles. The Morgan fingerprint density at radius 2 is 2.17 bits per heavy atom. The van der Waals surface area contributed by atoms with Gasteiger partial charge in [-0.15, -0.1) is 0 Å². The zero-order valence-corrected chi connectivity index (χ0v) is 14.7. The van der Waals surface area contributed by atoms with Crippen LogP contribution in [0.4, 0.5) is 0 Å². The summed E-state index contributed by atoms with van der Waals surface area (Å²) in [6.45, 7) is 10.2. The van der Waals surface area contributed by atoms with Crippen LogP contribution in [0.3, 0.4) is 0 Å². The number of nitrogens with zero attached hydrogens (tertiary/aromatic N) is 1. The van der Waals surface area contributed by atoms with E-state index >= 15 is 0 Å². The topological polar surface area (TPSA) is 66.0 Å². The van der Waals surface area contributed by atoms with Gasteiger partial charge in [0.15, 0.2) is 0 Å². The lowest BCUT2D eigenvalue weighted by molar-refractivity contribution is -0.141. The van der Waals surface area contributed by atoms with Crippen LogP contribution in [-0.2, 0) is 4.79 Å². The number of aromatic amines is 1. The maximum atomic E-state index is 11.2. The van der Waals surface area contributed by atoms with E-state index in [4.69, 9.17) is 0 Å². The largest absolute Gasteiger partial charge is 0.481 e. The van der Waals surface area contributed by atoms with E-state index in [2.05, 4.69) is 42.5 Å². The first kappa shape index (κ1) is 18.0. The number of carbonyl (C=O) groups is 1. The molecule has 24 heavy (non-hydrogen) atoms. The van der Waals surface area contributed by atoms with E-state index in [1.165, 1.54) is 11.1 Å². The molecule has 128 valence electrons. The standard InChI is InChI=1S/C20H26N2O2/c1-5-13(3)14(4)17(6-2)18(19-11-21-12-22-19)10-15-7-8-16(9-15)20(23)24/h5-6,10-12,15-16H,2,7-9H2,1,3-4H3,(H,21,22)(H,23,24)/b13-5-,17-14+,18-10-. The predicted octanol–water partition coefficient (Wildman–Crippen LogP) is 4.76. The van der Waals surface area contributed by atoms with Gasteiger partial charge in [-0.1, -0.05) is 30.4 Å². The minimum atomic E-state index is -0.686. The van der Waals surface area contributed by atoms with Crippen LogP contribution in [-0.4, -0.2) is 21.0 Å². The smallest absolute Gasteiger partial charge is 0.306 e. The number of H-pyrrole nitrogens is 1. The van der Waals surface area contributed by atoms with Crippen molar-refractivity contribution in [2.45, 2.75) is 40.0 Å². The van der Waals surface area contributed by atoms with Crippen molar-refractivity contribution in [1.29, 1.82) is 0 Å². The molecular formula is C20H26N2O2. The Morgan fingerprint density at radius 3 is 2.67 bits per heavy atom. The molecule has 4 nitrogen and oxygen atoms in total. The zero-order valence-electron chi connectivity index (χ0n) is 14.7. The summed E-state index contributed by atoms with van der Waals surface area (Å²) in [5.74, 6) is -0.656. The van der Waals surface area contributed by atoms with Crippen LogP contribution >= 0.6 is 0 Å². The van der Waals surface area contributed by atoms with Crippen LogP contribution in [0.25, 0.3) is 5.57 Å². The fourth-order valence-corrected chi connectivity index (χ4v) is 3.25. The van der Waals surface area contributed by atoms with Gasteiger partial charge in [0.1, 0.15) is 0 Å². The number of nitrogens with one attached hydrogen (secondary N) is 1. The summed E-state index contributed by atoms with van der Waals surface area (Å²) >= 11 is 0. The van der Waals surface area contributed by atoms with Gasteiger partial charge in [0.05, 0.1) is 24.1 Å². The van der Waals surface area contributed by atoms with Crippen LogP contribution in [0.15, 0.2) is 54.1 Å². The highest BCUT2D eigenvalue weighted by molar-refractivity contribution is 5.82. The fraction of sp³-hybridized carbons (Fsp3) is 0.400. The number of aliphatic carboxylic acids is 1. The molecule has 2 atom stereocenters. The van der Waals surface area contributed by atoms with Crippen molar-refractivity contribution in [3.63, 3.8) is 0 Å². The van der Waals surface area contributed by atoms with E-state index in [1.54, 1.807) is 12.5 Å². The molecule has 1 aromatic rings. The summed E-state index contributed by atoms with van der Waals surface area (Å²) in [6, 6.07) is 0. The van der Waals surface area contributed by atoms with Crippen LogP contribution in [0.5, 0.6) is 0 Å². The molecule has 2 N–H and O–H groups in total. The van der Waals surface area contributed by atoms with Gasteiger partial charge in [-0.3, -0.25) is 4.79 Å². The van der Waals surface area contributed by atoms with Crippen molar-refractivity contribution in [1.82, 2.24) is 9.97 Å². The third-order valence-electron chi connectivity index (χ3n) is 4.94. The minimum Gasteiger partial charge on any atom is -0.481 e. The zero-order chi connectivity index (χ0) is 17.7. The van der Waals surface area contributed by atoms with Gasteiger partial charge >= 0.3 is 5.97 Å². The number of hydrogen-bond donors (Lipinski definition) is 2. The number of allylic oxidation sites excluding steroid dienone is 7.